The summed E-state index contributed by atoms with van der Waals surface area (Å²) in [4.78, 5) is 37.1. The Morgan fingerprint density at radius 2 is 1.67 bits per heavy atom. The van der Waals surface area contributed by atoms with Crippen LogP contribution in [0.5, 0.6) is 0 Å². The number of ether oxygens (including phenoxy) is 1. The first-order valence-electron chi connectivity index (χ1n) is 13.3. The van der Waals surface area contributed by atoms with Crippen molar-refractivity contribution in [3.63, 3.8) is 0 Å². The molecule has 36 heavy (non-hydrogen) atoms. The van der Waals surface area contributed by atoms with E-state index in [1.807, 2.05) is 27.7 Å². The maximum atomic E-state index is 12.7. The Bertz CT molecular complexity index is 824. The summed E-state index contributed by atoms with van der Waals surface area (Å²) in [5, 5.41) is 11.0. The first-order valence-corrected chi connectivity index (χ1v) is 13.3. The van der Waals surface area contributed by atoms with Crippen molar-refractivity contribution >= 4 is 24.8 Å². The molecule has 4 N–H and O–H groups in total. The molecule has 1 aliphatic heterocycles. The predicted molar refractivity (Wildman–Crippen MR) is 137 cm³/mol. The lowest BCUT2D eigenvalue weighted by Crippen LogP contribution is -2.65. The molecule has 11 heteroatoms. The van der Waals surface area contributed by atoms with Crippen LogP contribution in [0.2, 0.25) is 0 Å². The monoisotopic (exact) mass is 508 g/mol. The molecule has 10 nitrogen and oxygen atoms in total. The molecule has 0 aromatic heterocycles. The molecule has 4 fully saturated rings. The highest BCUT2D eigenvalue weighted by Gasteiger charge is 2.68. The van der Waals surface area contributed by atoms with Crippen molar-refractivity contribution < 1.29 is 28.4 Å². The van der Waals surface area contributed by atoms with Gasteiger partial charge in [-0.3, -0.25) is 19.7 Å². The number of hydrogen-bond donors (Lipinski definition) is 4. The molecule has 6 unspecified atom stereocenters. The molecule has 0 spiro atoms. The standard InChI is InChI=1S/C25H45BN4O6/c1-14(2)22(26-35-19-10-17-9-18(24(17,6)7)25(19,8)36-26)30-21(32)12-28-23(33)16(5)29-20(31)11-27-13-34-15(3)4/h14-19,22,27H,9-13H2,1-8H3,(H,28,33)(H,29,31)(H,30,32). The number of nitrogens with one attached hydrogen (secondary N) is 4. The molecule has 3 amide bonds. The molecule has 3 aliphatic carbocycles. The van der Waals surface area contributed by atoms with Gasteiger partial charge in [-0.25, -0.2) is 0 Å². The minimum atomic E-state index is -0.779. The Labute approximate surface area is 215 Å². The third-order valence-corrected chi connectivity index (χ3v) is 8.31. The zero-order valence-corrected chi connectivity index (χ0v) is 23.1. The maximum absolute atomic E-state index is 12.7. The van der Waals surface area contributed by atoms with Gasteiger partial charge in [-0.05, 0) is 63.7 Å². The van der Waals surface area contributed by atoms with Crippen LogP contribution in [0.15, 0.2) is 0 Å². The first kappa shape index (κ1) is 28.9. The lowest BCUT2D eigenvalue weighted by atomic mass is 9.43. The van der Waals surface area contributed by atoms with E-state index in [1.54, 1.807) is 6.92 Å². The van der Waals surface area contributed by atoms with Crippen molar-refractivity contribution in [2.45, 2.75) is 98.0 Å². The average Bonchev–Trinajstić information content (AvgIpc) is 3.14. The van der Waals surface area contributed by atoms with Crippen LogP contribution in [0.25, 0.3) is 0 Å². The van der Waals surface area contributed by atoms with Gasteiger partial charge in [0.1, 0.15) is 6.04 Å². The fourth-order valence-corrected chi connectivity index (χ4v) is 5.91. The normalized spacial score (nSPS) is 29.8. The van der Waals surface area contributed by atoms with Crippen LogP contribution in [0.1, 0.15) is 68.2 Å². The number of carbonyl (C=O) groups is 3. The number of amides is 3. The van der Waals surface area contributed by atoms with E-state index in [1.165, 1.54) is 0 Å². The molecule has 0 radical (unpaired) electrons. The molecule has 3 saturated carbocycles. The van der Waals surface area contributed by atoms with Crippen LogP contribution >= 0.6 is 0 Å². The van der Waals surface area contributed by atoms with Crippen molar-refractivity contribution in [3.8, 4) is 0 Å². The Morgan fingerprint density at radius 1 is 1.00 bits per heavy atom. The highest BCUT2D eigenvalue weighted by atomic mass is 16.7. The highest BCUT2D eigenvalue weighted by Crippen LogP contribution is 2.65. The topological polar surface area (TPSA) is 127 Å². The Morgan fingerprint density at radius 3 is 2.28 bits per heavy atom. The van der Waals surface area contributed by atoms with Gasteiger partial charge in [-0.1, -0.05) is 27.7 Å². The van der Waals surface area contributed by atoms with E-state index in [9.17, 15) is 14.4 Å². The summed E-state index contributed by atoms with van der Waals surface area (Å²) in [5.74, 6) is -0.272. The largest absolute Gasteiger partial charge is 0.481 e. The minimum Gasteiger partial charge on any atom is -0.404 e. The Hall–Kier alpha value is -1.69. The van der Waals surface area contributed by atoms with Crippen molar-refractivity contribution in [1.29, 1.82) is 0 Å². The molecular weight excluding hydrogens is 463 g/mol. The minimum absolute atomic E-state index is 0.0288. The fourth-order valence-electron chi connectivity index (χ4n) is 5.91. The van der Waals surface area contributed by atoms with Gasteiger partial charge in [-0.2, -0.15) is 0 Å². The number of rotatable bonds is 12. The van der Waals surface area contributed by atoms with E-state index < -0.39 is 19.1 Å². The van der Waals surface area contributed by atoms with Gasteiger partial charge in [-0.15, -0.1) is 0 Å². The summed E-state index contributed by atoms with van der Waals surface area (Å²) in [6.07, 6.45) is 2.24. The SMILES string of the molecule is CC(C)OCNCC(=O)NC(C)C(=O)NCC(=O)NC(B1OC2CC3CC(C3(C)C)C2(C)O1)C(C)C. The molecule has 4 rings (SSSR count). The summed E-state index contributed by atoms with van der Waals surface area (Å²) in [5.41, 5.74) is -0.104. The van der Waals surface area contributed by atoms with E-state index in [4.69, 9.17) is 14.0 Å². The van der Waals surface area contributed by atoms with Crippen LogP contribution in [-0.2, 0) is 28.4 Å². The van der Waals surface area contributed by atoms with E-state index in [0.717, 1.165) is 12.8 Å². The van der Waals surface area contributed by atoms with Gasteiger partial charge in [0.2, 0.25) is 17.7 Å². The van der Waals surface area contributed by atoms with Gasteiger partial charge in [0.25, 0.3) is 0 Å². The second kappa shape index (κ2) is 11.4. The smallest absolute Gasteiger partial charge is 0.404 e. The number of hydrogen-bond acceptors (Lipinski definition) is 7. The summed E-state index contributed by atoms with van der Waals surface area (Å²) in [6, 6.07) is -0.779. The lowest BCUT2D eigenvalue weighted by Gasteiger charge is -2.64. The Balaban J connectivity index is 1.44. The zero-order chi connectivity index (χ0) is 26.8. The Kier molecular flexibility index (Phi) is 9.12. The van der Waals surface area contributed by atoms with Crippen molar-refractivity contribution in [2.24, 2.45) is 23.2 Å². The quantitative estimate of drug-likeness (QED) is 0.176. The van der Waals surface area contributed by atoms with Crippen LogP contribution in [0, 0.1) is 23.2 Å². The van der Waals surface area contributed by atoms with Gasteiger partial charge < -0.3 is 30.0 Å². The van der Waals surface area contributed by atoms with Crippen molar-refractivity contribution in [1.82, 2.24) is 21.3 Å². The van der Waals surface area contributed by atoms with E-state index in [-0.39, 0.29) is 66.7 Å². The molecule has 204 valence electrons. The fraction of sp³-hybridized carbons (Fsp3) is 0.880. The van der Waals surface area contributed by atoms with Crippen LogP contribution < -0.4 is 21.3 Å². The molecule has 0 aromatic rings. The molecule has 1 saturated heterocycles. The summed E-state index contributed by atoms with van der Waals surface area (Å²) >= 11 is 0. The lowest BCUT2D eigenvalue weighted by molar-refractivity contribution is -0.199. The highest BCUT2D eigenvalue weighted by molar-refractivity contribution is 6.48. The second-order valence-corrected chi connectivity index (χ2v) is 12.0. The third-order valence-electron chi connectivity index (χ3n) is 8.31. The van der Waals surface area contributed by atoms with Gasteiger partial charge in [0, 0.05) is 0 Å². The van der Waals surface area contributed by atoms with Crippen molar-refractivity contribution in [2.75, 3.05) is 19.8 Å². The second-order valence-electron chi connectivity index (χ2n) is 12.0. The van der Waals surface area contributed by atoms with E-state index >= 15 is 0 Å². The summed E-state index contributed by atoms with van der Waals surface area (Å²) < 4.78 is 18.2. The van der Waals surface area contributed by atoms with Gasteiger partial charge >= 0.3 is 7.12 Å². The van der Waals surface area contributed by atoms with E-state index in [0.29, 0.717) is 11.8 Å². The van der Waals surface area contributed by atoms with Gasteiger partial charge in [0.05, 0.1) is 43.6 Å². The first-order chi connectivity index (χ1) is 16.8. The van der Waals surface area contributed by atoms with Crippen LogP contribution in [0.3, 0.4) is 0 Å². The molecule has 6 atom stereocenters. The van der Waals surface area contributed by atoms with E-state index in [2.05, 4.69) is 42.0 Å². The molecule has 4 aliphatic rings. The number of carbonyl (C=O) groups excluding carboxylic acids is 3. The van der Waals surface area contributed by atoms with Crippen LogP contribution in [0.4, 0.5) is 0 Å². The molecule has 0 aromatic carbocycles. The van der Waals surface area contributed by atoms with Gasteiger partial charge in [0.15, 0.2) is 0 Å². The third kappa shape index (κ3) is 6.23. The average molecular weight is 508 g/mol. The predicted octanol–water partition coefficient (Wildman–Crippen LogP) is 0.988. The van der Waals surface area contributed by atoms with Crippen molar-refractivity contribution in [3.05, 3.63) is 0 Å². The zero-order valence-electron chi connectivity index (χ0n) is 23.1. The maximum Gasteiger partial charge on any atom is 0.481 e. The summed E-state index contributed by atoms with van der Waals surface area (Å²) in [7, 11) is -0.528. The molecular formula is C25H45BN4O6. The molecule has 1 heterocycles. The summed E-state index contributed by atoms with van der Waals surface area (Å²) in [6.45, 7) is 16.3. The molecule has 2 bridgehead atoms. The van der Waals surface area contributed by atoms with Crippen LogP contribution in [-0.4, -0.2) is 74.5 Å².